The highest BCUT2D eigenvalue weighted by atomic mass is 16.5. The van der Waals surface area contributed by atoms with Gasteiger partial charge in [0, 0.05) is 17.3 Å². The summed E-state index contributed by atoms with van der Waals surface area (Å²) in [6.45, 7) is 8.70. The van der Waals surface area contributed by atoms with Gasteiger partial charge in [0.15, 0.2) is 5.82 Å². The first-order valence-corrected chi connectivity index (χ1v) is 9.95. The van der Waals surface area contributed by atoms with Crippen molar-refractivity contribution in [1.82, 2.24) is 25.4 Å². The number of anilines is 1. The van der Waals surface area contributed by atoms with E-state index in [1.54, 1.807) is 6.33 Å². The van der Waals surface area contributed by atoms with E-state index in [1.165, 1.54) is 0 Å². The molecular weight excluding hydrogens is 368 g/mol. The zero-order valence-electron chi connectivity index (χ0n) is 17.2. The molecule has 2 atom stereocenters. The molecular formula is C21H26N6O2. The Labute approximate surface area is 169 Å². The lowest BCUT2D eigenvalue weighted by Gasteiger charge is -2.26. The van der Waals surface area contributed by atoms with Crippen molar-refractivity contribution >= 4 is 22.6 Å². The van der Waals surface area contributed by atoms with Gasteiger partial charge >= 0.3 is 0 Å². The van der Waals surface area contributed by atoms with E-state index in [-0.39, 0.29) is 23.4 Å². The SMILES string of the molecule is C[C@H](NC(=O)[C@@H]1CCCN1c1ncnc2ccccc12)c1nc(C(C)(C)C)no1. The summed E-state index contributed by atoms with van der Waals surface area (Å²) in [5, 5.41) is 8.03. The Morgan fingerprint density at radius 1 is 1.28 bits per heavy atom. The summed E-state index contributed by atoms with van der Waals surface area (Å²) >= 11 is 0. The molecule has 3 heterocycles. The number of hydrogen-bond acceptors (Lipinski definition) is 7. The number of carbonyl (C=O) groups is 1. The summed E-state index contributed by atoms with van der Waals surface area (Å²) < 4.78 is 5.38. The summed E-state index contributed by atoms with van der Waals surface area (Å²) in [5.41, 5.74) is 0.666. The third-order valence-electron chi connectivity index (χ3n) is 5.19. The highest BCUT2D eigenvalue weighted by molar-refractivity contribution is 5.93. The van der Waals surface area contributed by atoms with Gasteiger partial charge in [0.05, 0.1) is 5.52 Å². The molecule has 1 aliphatic rings. The smallest absolute Gasteiger partial charge is 0.248 e. The van der Waals surface area contributed by atoms with Crippen LogP contribution in [0, 0.1) is 0 Å². The summed E-state index contributed by atoms with van der Waals surface area (Å²) in [4.78, 5) is 28.4. The number of amides is 1. The standard InChI is InChI=1S/C21H26N6O2/c1-13(19-25-20(26-29-19)21(2,3)4)24-18(28)16-10-7-11-27(16)17-14-8-5-6-9-15(14)22-12-23-17/h5-6,8-9,12-13,16H,7,10-11H2,1-4H3,(H,24,28)/t13-,16-/m0/s1. The molecule has 1 N–H and O–H groups in total. The zero-order chi connectivity index (χ0) is 20.6. The fourth-order valence-electron chi connectivity index (χ4n) is 3.60. The number of benzene rings is 1. The van der Waals surface area contributed by atoms with Crippen molar-refractivity contribution in [3.8, 4) is 0 Å². The van der Waals surface area contributed by atoms with E-state index in [0.717, 1.165) is 36.1 Å². The molecule has 0 aliphatic carbocycles. The Kier molecular flexibility index (Phi) is 4.94. The zero-order valence-corrected chi connectivity index (χ0v) is 17.2. The maximum Gasteiger partial charge on any atom is 0.248 e. The van der Waals surface area contributed by atoms with Crippen LogP contribution in [0.1, 0.15) is 58.3 Å². The van der Waals surface area contributed by atoms with Crippen molar-refractivity contribution in [2.75, 3.05) is 11.4 Å². The Balaban J connectivity index is 1.53. The molecule has 2 aromatic heterocycles. The largest absolute Gasteiger partial charge is 0.344 e. The second-order valence-electron chi connectivity index (χ2n) is 8.50. The van der Waals surface area contributed by atoms with Gasteiger partial charge in [0.25, 0.3) is 0 Å². The molecule has 1 aliphatic heterocycles. The van der Waals surface area contributed by atoms with Gasteiger partial charge in [0.2, 0.25) is 11.8 Å². The number of nitrogens with one attached hydrogen (secondary N) is 1. The van der Waals surface area contributed by atoms with Crippen LogP contribution >= 0.6 is 0 Å². The van der Waals surface area contributed by atoms with Crippen LogP contribution in [0.5, 0.6) is 0 Å². The molecule has 152 valence electrons. The molecule has 3 aromatic rings. The summed E-state index contributed by atoms with van der Waals surface area (Å²) in [7, 11) is 0. The van der Waals surface area contributed by atoms with E-state index in [2.05, 4.69) is 30.3 Å². The highest BCUT2D eigenvalue weighted by Crippen LogP contribution is 2.30. The van der Waals surface area contributed by atoms with Crippen molar-refractivity contribution in [3.05, 3.63) is 42.3 Å². The minimum Gasteiger partial charge on any atom is -0.344 e. The third kappa shape index (κ3) is 3.79. The summed E-state index contributed by atoms with van der Waals surface area (Å²) in [5.74, 6) is 1.78. The number of nitrogens with zero attached hydrogens (tertiary/aromatic N) is 5. The van der Waals surface area contributed by atoms with Crippen LogP contribution in [0.25, 0.3) is 10.9 Å². The van der Waals surface area contributed by atoms with Crippen LogP contribution < -0.4 is 10.2 Å². The summed E-state index contributed by atoms with van der Waals surface area (Å²) in [6.07, 6.45) is 3.26. The average molecular weight is 394 g/mol. The van der Waals surface area contributed by atoms with Crippen LogP contribution in [0.15, 0.2) is 35.1 Å². The molecule has 0 bridgehead atoms. The van der Waals surface area contributed by atoms with Gasteiger partial charge in [0.1, 0.15) is 24.2 Å². The topological polar surface area (TPSA) is 97.0 Å². The molecule has 0 saturated carbocycles. The van der Waals surface area contributed by atoms with Crippen LogP contribution in [0.2, 0.25) is 0 Å². The first-order chi connectivity index (χ1) is 13.8. The summed E-state index contributed by atoms with van der Waals surface area (Å²) in [6, 6.07) is 7.20. The van der Waals surface area contributed by atoms with Crippen molar-refractivity contribution in [1.29, 1.82) is 0 Å². The van der Waals surface area contributed by atoms with E-state index in [9.17, 15) is 4.79 Å². The number of hydrogen-bond donors (Lipinski definition) is 1. The van der Waals surface area contributed by atoms with Crippen molar-refractivity contribution in [2.24, 2.45) is 0 Å². The lowest BCUT2D eigenvalue weighted by Crippen LogP contribution is -2.44. The minimum absolute atomic E-state index is 0.0618. The maximum absolute atomic E-state index is 13.1. The van der Waals surface area contributed by atoms with Gasteiger partial charge in [-0.1, -0.05) is 38.1 Å². The Morgan fingerprint density at radius 3 is 2.83 bits per heavy atom. The maximum atomic E-state index is 13.1. The molecule has 8 heteroatoms. The number of aromatic nitrogens is 4. The normalized spacial score (nSPS) is 18.2. The fraction of sp³-hybridized carbons (Fsp3) is 0.476. The number of carbonyl (C=O) groups excluding carboxylic acids is 1. The van der Waals surface area contributed by atoms with E-state index in [4.69, 9.17) is 4.52 Å². The molecule has 4 rings (SSSR count). The molecule has 1 saturated heterocycles. The second kappa shape index (κ2) is 7.42. The van der Waals surface area contributed by atoms with Crippen LogP contribution in [0.4, 0.5) is 5.82 Å². The van der Waals surface area contributed by atoms with E-state index >= 15 is 0 Å². The molecule has 29 heavy (non-hydrogen) atoms. The van der Waals surface area contributed by atoms with Crippen molar-refractivity contribution in [3.63, 3.8) is 0 Å². The van der Waals surface area contributed by atoms with Crippen LogP contribution in [-0.2, 0) is 10.2 Å². The van der Waals surface area contributed by atoms with Gasteiger partial charge in [-0.15, -0.1) is 0 Å². The number of fused-ring (bicyclic) bond motifs is 1. The molecule has 1 aromatic carbocycles. The average Bonchev–Trinajstić information content (AvgIpc) is 3.37. The molecule has 1 amide bonds. The number of para-hydroxylation sites is 1. The van der Waals surface area contributed by atoms with Gasteiger partial charge in [-0.05, 0) is 31.9 Å². The van der Waals surface area contributed by atoms with E-state index in [1.807, 2.05) is 52.0 Å². The Hall–Kier alpha value is -3.03. The minimum atomic E-state index is -0.365. The molecule has 0 radical (unpaired) electrons. The predicted molar refractivity (Wildman–Crippen MR) is 109 cm³/mol. The lowest BCUT2D eigenvalue weighted by molar-refractivity contribution is -0.123. The molecule has 1 fully saturated rings. The first-order valence-electron chi connectivity index (χ1n) is 9.95. The van der Waals surface area contributed by atoms with Crippen molar-refractivity contribution in [2.45, 2.75) is 58.0 Å². The Morgan fingerprint density at radius 2 is 2.07 bits per heavy atom. The van der Waals surface area contributed by atoms with E-state index in [0.29, 0.717) is 11.7 Å². The molecule has 0 spiro atoms. The monoisotopic (exact) mass is 394 g/mol. The second-order valence-corrected chi connectivity index (χ2v) is 8.50. The van der Waals surface area contributed by atoms with Crippen LogP contribution in [-0.4, -0.2) is 38.6 Å². The predicted octanol–water partition coefficient (Wildman–Crippen LogP) is 3.16. The van der Waals surface area contributed by atoms with Gasteiger partial charge < -0.3 is 14.7 Å². The highest BCUT2D eigenvalue weighted by Gasteiger charge is 2.34. The van der Waals surface area contributed by atoms with Crippen LogP contribution in [0.3, 0.4) is 0 Å². The first kappa shape index (κ1) is 19.3. The number of rotatable bonds is 4. The lowest BCUT2D eigenvalue weighted by atomic mass is 9.96. The van der Waals surface area contributed by atoms with E-state index < -0.39 is 0 Å². The van der Waals surface area contributed by atoms with Gasteiger partial charge in [-0.2, -0.15) is 4.98 Å². The van der Waals surface area contributed by atoms with Crippen molar-refractivity contribution < 1.29 is 9.32 Å². The molecule has 0 unspecified atom stereocenters. The Bertz CT molecular complexity index is 1020. The fourth-order valence-corrected chi connectivity index (χ4v) is 3.60. The quantitative estimate of drug-likeness (QED) is 0.726. The van der Waals surface area contributed by atoms with Gasteiger partial charge in [-0.3, -0.25) is 4.79 Å². The third-order valence-corrected chi connectivity index (χ3v) is 5.19. The molecule has 8 nitrogen and oxygen atoms in total. The van der Waals surface area contributed by atoms with Gasteiger partial charge in [-0.25, -0.2) is 9.97 Å².